The summed E-state index contributed by atoms with van der Waals surface area (Å²) in [7, 11) is -7.95. The number of hydrogen-bond donors (Lipinski definition) is 0. The van der Waals surface area contributed by atoms with E-state index < -0.39 is 29.7 Å². The summed E-state index contributed by atoms with van der Waals surface area (Å²) in [6.45, 7) is 0. The first-order valence-electron chi connectivity index (χ1n) is 8.17. The predicted octanol–water partition coefficient (Wildman–Crippen LogP) is 5.05. The van der Waals surface area contributed by atoms with E-state index in [4.69, 9.17) is 23.2 Å². The molecule has 0 aliphatic heterocycles. The first-order valence-corrected chi connectivity index (χ1v) is 13.6. The lowest BCUT2D eigenvalue weighted by atomic mass is 10.0. The van der Waals surface area contributed by atoms with E-state index >= 15 is 0 Å². The summed E-state index contributed by atoms with van der Waals surface area (Å²) in [6.07, 6.45) is 2.81. The third kappa shape index (κ3) is 5.41. The van der Waals surface area contributed by atoms with Gasteiger partial charge in [-0.3, -0.25) is 0 Å². The molecule has 12 heteroatoms. The van der Waals surface area contributed by atoms with Gasteiger partial charge in [-0.2, -0.15) is 25.6 Å². The zero-order valence-electron chi connectivity index (χ0n) is 14.8. The highest BCUT2D eigenvalue weighted by atomic mass is 79.9. The first kappa shape index (κ1) is 23.6. The Hall–Kier alpha value is -1.04. The number of rotatable bonds is 4. The SMILES string of the molecule is O=S(=O)(/N=C1C=C/C(=N\S(=O)(=O)c2ccc(Cl)cc2)C(Br)C/1Br)c1ccc(Cl)cc1. The highest BCUT2D eigenvalue weighted by Gasteiger charge is 2.31. The lowest BCUT2D eigenvalue weighted by Crippen LogP contribution is -2.34. The van der Waals surface area contributed by atoms with Crippen molar-refractivity contribution in [1.82, 2.24) is 0 Å². The van der Waals surface area contributed by atoms with Crippen LogP contribution < -0.4 is 0 Å². The minimum atomic E-state index is -3.98. The van der Waals surface area contributed by atoms with E-state index in [0.29, 0.717) is 10.0 Å². The molecule has 0 heterocycles. The monoisotopic (exact) mass is 612 g/mol. The van der Waals surface area contributed by atoms with Gasteiger partial charge in [0.1, 0.15) is 0 Å². The number of alkyl halides is 2. The van der Waals surface area contributed by atoms with Crippen molar-refractivity contribution in [1.29, 1.82) is 0 Å². The Morgan fingerprint density at radius 2 is 0.933 bits per heavy atom. The Kier molecular flexibility index (Phi) is 7.26. The second-order valence-corrected chi connectivity index (χ2v) is 12.1. The zero-order valence-corrected chi connectivity index (χ0v) is 21.1. The number of nitrogens with zero attached hydrogens (tertiary/aromatic N) is 2. The number of hydrogen-bond acceptors (Lipinski definition) is 4. The van der Waals surface area contributed by atoms with Crippen LogP contribution in [0.2, 0.25) is 10.0 Å². The molecule has 30 heavy (non-hydrogen) atoms. The molecule has 0 saturated heterocycles. The highest BCUT2D eigenvalue weighted by molar-refractivity contribution is 9.12. The Morgan fingerprint density at radius 1 is 0.633 bits per heavy atom. The van der Waals surface area contributed by atoms with Crippen LogP contribution in [0.3, 0.4) is 0 Å². The van der Waals surface area contributed by atoms with Crippen molar-refractivity contribution in [3.63, 3.8) is 0 Å². The standard InChI is InChI=1S/C18H12Br2Cl2N2O4S2/c19-17-15(23-29(25,26)13-5-1-11(21)2-6-13)9-10-16(18(17)20)24-30(27,28)14-7-3-12(22)4-8-14/h1-10,17-18H/b23-15-,24-16+. The van der Waals surface area contributed by atoms with E-state index in [9.17, 15) is 16.8 Å². The molecule has 3 rings (SSSR count). The summed E-state index contributed by atoms with van der Waals surface area (Å²) in [5, 5.41) is 0.807. The molecule has 6 nitrogen and oxygen atoms in total. The second kappa shape index (κ2) is 9.22. The Balaban J connectivity index is 1.94. The van der Waals surface area contributed by atoms with Gasteiger partial charge in [0.25, 0.3) is 20.0 Å². The lowest BCUT2D eigenvalue weighted by Gasteiger charge is -2.21. The van der Waals surface area contributed by atoms with Gasteiger partial charge in [0.2, 0.25) is 0 Å². The molecule has 2 atom stereocenters. The normalized spacial score (nSPS) is 22.5. The van der Waals surface area contributed by atoms with Gasteiger partial charge < -0.3 is 0 Å². The minimum Gasteiger partial charge on any atom is -0.199 e. The fourth-order valence-electron chi connectivity index (χ4n) is 2.41. The minimum absolute atomic E-state index is 0.0107. The summed E-state index contributed by atoms with van der Waals surface area (Å²) in [5.74, 6) is 0. The molecular weight excluding hydrogens is 603 g/mol. The third-order valence-corrected chi connectivity index (χ3v) is 9.77. The van der Waals surface area contributed by atoms with Crippen LogP contribution in [0.5, 0.6) is 0 Å². The Bertz CT molecular complexity index is 1160. The van der Waals surface area contributed by atoms with Gasteiger partial charge in [0, 0.05) is 10.0 Å². The maximum absolute atomic E-state index is 12.5. The van der Waals surface area contributed by atoms with E-state index in [2.05, 4.69) is 40.7 Å². The van der Waals surface area contributed by atoms with Crippen molar-refractivity contribution in [3.8, 4) is 0 Å². The molecule has 0 spiro atoms. The molecule has 0 radical (unpaired) electrons. The van der Waals surface area contributed by atoms with Crippen molar-refractivity contribution in [2.45, 2.75) is 19.4 Å². The third-order valence-electron chi connectivity index (χ3n) is 3.92. The summed E-state index contributed by atoms with van der Waals surface area (Å²) in [6, 6.07) is 11.2. The molecule has 2 aromatic carbocycles. The van der Waals surface area contributed by atoms with E-state index in [1.807, 2.05) is 0 Å². The van der Waals surface area contributed by atoms with Crippen LogP contribution >= 0.6 is 55.1 Å². The van der Waals surface area contributed by atoms with Crippen LogP contribution in [0, 0.1) is 0 Å². The van der Waals surface area contributed by atoms with E-state index in [0.717, 1.165) is 0 Å². The number of benzene rings is 2. The fraction of sp³-hybridized carbons (Fsp3) is 0.111. The number of halogens is 4. The second-order valence-electron chi connectivity index (χ2n) is 6.03. The van der Waals surface area contributed by atoms with Gasteiger partial charge in [0.05, 0.1) is 30.9 Å². The van der Waals surface area contributed by atoms with Gasteiger partial charge in [-0.15, -0.1) is 0 Å². The summed E-state index contributed by atoms with van der Waals surface area (Å²) >= 11 is 18.3. The van der Waals surface area contributed by atoms with E-state index in [1.165, 1.54) is 60.7 Å². The molecule has 0 amide bonds. The van der Waals surface area contributed by atoms with Gasteiger partial charge in [-0.1, -0.05) is 55.1 Å². The van der Waals surface area contributed by atoms with Crippen LogP contribution in [0.25, 0.3) is 0 Å². The smallest absolute Gasteiger partial charge is 0.199 e. The van der Waals surface area contributed by atoms with Crippen molar-refractivity contribution >= 4 is 86.5 Å². The van der Waals surface area contributed by atoms with Crippen LogP contribution in [0.4, 0.5) is 0 Å². The van der Waals surface area contributed by atoms with Crippen molar-refractivity contribution in [2.75, 3.05) is 0 Å². The van der Waals surface area contributed by atoms with Crippen molar-refractivity contribution in [2.24, 2.45) is 8.80 Å². The fourth-order valence-corrected chi connectivity index (χ4v) is 6.06. The summed E-state index contributed by atoms with van der Waals surface area (Å²) in [4.78, 5) is -1.29. The van der Waals surface area contributed by atoms with Gasteiger partial charge in [-0.05, 0) is 60.7 Å². The lowest BCUT2D eigenvalue weighted by molar-refractivity contribution is 0.596. The molecule has 0 aromatic heterocycles. The maximum atomic E-state index is 12.5. The van der Waals surface area contributed by atoms with Crippen LogP contribution in [-0.4, -0.2) is 37.9 Å². The van der Waals surface area contributed by atoms with Crippen LogP contribution in [0.15, 0.2) is 79.3 Å². The number of sulfonamides is 2. The molecule has 1 aliphatic carbocycles. The molecule has 0 N–H and O–H groups in total. The molecule has 1 aliphatic rings. The Labute approximate surface area is 201 Å². The maximum Gasteiger partial charge on any atom is 0.282 e. The van der Waals surface area contributed by atoms with E-state index in [1.54, 1.807) is 0 Å². The molecular formula is C18H12Br2Cl2N2O4S2. The first-order chi connectivity index (χ1) is 14.0. The van der Waals surface area contributed by atoms with Gasteiger partial charge in [0.15, 0.2) is 0 Å². The van der Waals surface area contributed by atoms with Crippen molar-refractivity contribution < 1.29 is 16.8 Å². The zero-order chi connectivity index (χ0) is 22.1. The molecule has 2 unspecified atom stereocenters. The average molecular weight is 615 g/mol. The summed E-state index contributed by atoms with van der Waals surface area (Å²) < 4.78 is 57.9. The van der Waals surface area contributed by atoms with Crippen LogP contribution in [0.1, 0.15) is 0 Å². The molecule has 0 saturated carbocycles. The Morgan fingerprint density at radius 3 is 1.23 bits per heavy atom. The predicted molar refractivity (Wildman–Crippen MR) is 127 cm³/mol. The molecule has 0 bridgehead atoms. The quantitative estimate of drug-likeness (QED) is 0.451. The highest BCUT2D eigenvalue weighted by Crippen LogP contribution is 2.27. The van der Waals surface area contributed by atoms with Crippen molar-refractivity contribution in [3.05, 3.63) is 70.7 Å². The summed E-state index contributed by atoms with van der Waals surface area (Å²) in [5.41, 5.74) is 0.379. The average Bonchev–Trinajstić information content (AvgIpc) is 2.68. The van der Waals surface area contributed by atoms with Gasteiger partial charge in [-0.25, -0.2) is 0 Å². The molecule has 0 fully saturated rings. The number of allylic oxidation sites excluding steroid dienone is 2. The van der Waals surface area contributed by atoms with Gasteiger partial charge >= 0.3 is 0 Å². The van der Waals surface area contributed by atoms with Crippen LogP contribution in [-0.2, 0) is 20.0 Å². The topological polar surface area (TPSA) is 93.0 Å². The molecule has 2 aromatic rings. The molecule has 158 valence electrons. The largest absolute Gasteiger partial charge is 0.282 e. The van der Waals surface area contributed by atoms with E-state index in [-0.39, 0.29) is 21.2 Å².